The molecule has 1 aromatic carbocycles. The van der Waals surface area contributed by atoms with Crippen molar-refractivity contribution in [1.82, 2.24) is 10.3 Å². The summed E-state index contributed by atoms with van der Waals surface area (Å²) in [5, 5.41) is 3.48. The number of nitrogens with one attached hydrogen (secondary N) is 1. The number of aromatic nitrogens is 1. The molecule has 0 spiro atoms. The number of nitrogens with zero attached hydrogens (tertiary/aromatic N) is 1. The fourth-order valence-electron chi connectivity index (χ4n) is 1.71. The first kappa shape index (κ1) is 15.3. The maximum atomic E-state index is 5.57. The quantitative estimate of drug-likeness (QED) is 0.884. The summed E-state index contributed by atoms with van der Waals surface area (Å²) < 4.78 is 6.56. The Bertz CT molecular complexity index is 572. The molecule has 0 aliphatic heterocycles. The molecule has 1 heterocycles. The predicted octanol–water partition coefficient (Wildman–Crippen LogP) is 4.63. The van der Waals surface area contributed by atoms with Crippen LogP contribution in [0.4, 0.5) is 0 Å². The second-order valence-electron chi connectivity index (χ2n) is 6.09. The zero-order valence-electron chi connectivity index (χ0n) is 12.4. The van der Waals surface area contributed by atoms with Crippen molar-refractivity contribution < 1.29 is 4.42 Å². The zero-order valence-corrected chi connectivity index (χ0v) is 14.0. The summed E-state index contributed by atoms with van der Waals surface area (Å²) >= 11 is 3.51. The lowest BCUT2D eigenvalue weighted by Gasteiger charge is -2.27. The van der Waals surface area contributed by atoms with Gasteiger partial charge in [-0.3, -0.25) is 0 Å². The normalized spacial score (nSPS) is 13.4. The van der Waals surface area contributed by atoms with Gasteiger partial charge in [0, 0.05) is 17.1 Å². The van der Waals surface area contributed by atoms with E-state index in [2.05, 4.69) is 53.9 Å². The molecule has 0 radical (unpaired) electrons. The highest BCUT2D eigenvalue weighted by molar-refractivity contribution is 9.10. The van der Waals surface area contributed by atoms with E-state index < -0.39 is 0 Å². The Labute approximate surface area is 128 Å². The topological polar surface area (TPSA) is 38.1 Å². The third-order valence-corrected chi connectivity index (χ3v) is 4.24. The lowest BCUT2D eigenvalue weighted by atomic mass is 9.88. The Morgan fingerprint density at radius 2 is 2.00 bits per heavy atom. The van der Waals surface area contributed by atoms with Crippen LogP contribution < -0.4 is 5.32 Å². The zero-order chi connectivity index (χ0) is 14.8. The average Bonchev–Trinajstić information content (AvgIpc) is 2.84. The lowest BCUT2D eigenvalue weighted by molar-refractivity contribution is 0.284. The summed E-state index contributed by atoms with van der Waals surface area (Å²) in [6.07, 6.45) is 1.72. The minimum absolute atomic E-state index is 0.231. The molecule has 2 aromatic rings. The SMILES string of the molecule is CC(NCc1coc(-c2ccccc2Br)n1)C(C)(C)C. The van der Waals surface area contributed by atoms with E-state index in [9.17, 15) is 0 Å². The summed E-state index contributed by atoms with van der Waals surface area (Å²) in [5.41, 5.74) is 2.13. The summed E-state index contributed by atoms with van der Waals surface area (Å²) in [7, 11) is 0. The molecule has 0 saturated heterocycles. The average molecular weight is 337 g/mol. The van der Waals surface area contributed by atoms with E-state index in [1.165, 1.54) is 0 Å². The van der Waals surface area contributed by atoms with Crippen LogP contribution in [0.5, 0.6) is 0 Å². The fraction of sp³-hybridized carbons (Fsp3) is 0.438. The van der Waals surface area contributed by atoms with Gasteiger partial charge in [-0.2, -0.15) is 0 Å². The molecule has 1 N–H and O–H groups in total. The Hall–Kier alpha value is -1.13. The number of oxazole rings is 1. The molecule has 4 heteroatoms. The van der Waals surface area contributed by atoms with Crippen molar-refractivity contribution in [2.45, 2.75) is 40.3 Å². The molecule has 0 aliphatic carbocycles. The highest BCUT2D eigenvalue weighted by atomic mass is 79.9. The lowest BCUT2D eigenvalue weighted by Crippen LogP contribution is -2.37. The van der Waals surface area contributed by atoms with Crippen LogP contribution >= 0.6 is 15.9 Å². The van der Waals surface area contributed by atoms with Gasteiger partial charge in [0.25, 0.3) is 0 Å². The van der Waals surface area contributed by atoms with Crippen LogP contribution in [0.1, 0.15) is 33.4 Å². The molecule has 0 aliphatic rings. The van der Waals surface area contributed by atoms with Crippen molar-refractivity contribution in [2.24, 2.45) is 5.41 Å². The Morgan fingerprint density at radius 1 is 1.30 bits per heavy atom. The fourth-order valence-corrected chi connectivity index (χ4v) is 2.16. The monoisotopic (exact) mass is 336 g/mol. The predicted molar refractivity (Wildman–Crippen MR) is 85.4 cm³/mol. The van der Waals surface area contributed by atoms with E-state index in [0.29, 0.717) is 18.5 Å². The number of rotatable bonds is 4. The molecule has 1 unspecified atom stereocenters. The van der Waals surface area contributed by atoms with Crippen LogP contribution in [-0.2, 0) is 6.54 Å². The maximum absolute atomic E-state index is 5.57. The van der Waals surface area contributed by atoms with Crippen LogP contribution in [0.25, 0.3) is 11.5 Å². The first-order valence-corrected chi connectivity index (χ1v) is 7.60. The summed E-state index contributed by atoms with van der Waals surface area (Å²) in [5.74, 6) is 0.651. The highest BCUT2D eigenvalue weighted by Gasteiger charge is 2.19. The molecule has 0 saturated carbocycles. The van der Waals surface area contributed by atoms with E-state index in [-0.39, 0.29) is 5.41 Å². The second kappa shape index (κ2) is 6.10. The minimum Gasteiger partial charge on any atom is -0.444 e. The molecular weight excluding hydrogens is 316 g/mol. The highest BCUT2D eigenvalue weighted by Crippen LogP contribution is 2.27. The van der Waals surface area contributed by atoms with E-state index in [1.807, 2.05) is 24.3 Å². The molecule has 0 amide bonds. The van der Waals surface area contributed by atoms with Gasteiger partial charge in [0.1, 0.15) is 6.26 Å². The third-order valence-electron chi connectivity index (χ3n) is 3.54. The van der Waals surface area contributed by atoms with E-state index in [1.54, 1.807) is 6.26 Å². The summed E-state index contributed by atoms with van der Waals surface area (Å²) in [6, 6.07) is 8.34. The standard InChI is InChI=1S/C16H21BrN2O/c1-11(16(2,3)4)18-9-12-10-20-15(19-12)13-7-5-6-8-14(13)17/h5-8,10-11,18H,9H2,1-4H3. The molecule has 20 heavy (non-hydrogen) atoms. The van der Waals surface area contributed by atoms with E-state index >= 15 is 0 Å². The van der Waals surface area contributed by atoms with Gasteiger partial charge in [-0.25, -0.2) is 4.98 Å². The van der Waals surface area contributed by atoms with Crippen LogP contribution in [0.15, 0.2) is 39.4 Å². The molecule has 0 bridgehead atoms. The van der Waals surface area contributed by atoms with Gasteiger partial charge < -0.3 is 9.73 Å². The second-order valence-corrected chi connectivity index (χ2v) is 6.95. The number of halogens is 1. The summed E-state index contributed by atoms with van der Waals surface area (Å²) in [4.78, 5) is 4.54. The molecule has 0 fully saturated rings. The Kier molecular flexibility index (Phi) is 4.66. The molecule has 2 rings (SSSR count). The maximum Gasteiger partial charge on any atom is 0.227 e. The van der Waals surface area contributed by atoms with Crippen LogP contribution in [-0.4, -0.2) is 11.0 Å². The largest absolute Gasteiger partial charge is 0.444 e. The van der Waals surface area contributed by atoms with Gasteiger partial charge in [0.2, 0.25) is 5.89 Å². The van der Waals surface area contributed by atoms with Gasteiger partial charge >= 0.3 is 0 Å². The van der Waals surface area contributed by atoms with E-state index in [4.69, 9.17) is 4.42 Å². The molecule has 1 aromatic heterocycles. The van der Waals surface area contributed by atoms with Crippen molar-refractivity contribution in [2.75, 3.05) is 0 Å². The van der Waals surface area contributed by atoms with Crippen molar-refractivity contribution >= 4 is 15.9 Å². The number of benzene rings is 1. The van der Waals surface area contributed by atoms with E-state index in [0.717, 1.165) is 15.7 Å². The Balaban J connectivity index is 2.05. The molecule has 1 atom stereocenters. The minimum atomic E-state index is 0.231. The summed E-state index contributed by atoms with van der Waals surface area (Å²) in [6.45, 7) is 9.57. The molecule has 3 nitrogen and oxygen atoms in total. The van der Waals surface area contributed by atoms with Gasteiger partial charge in [0.05, 0.1) is 11.3 Å². The van der Waals surface area contributed by atoms with Crippen molar-refractivity contribution in [1.29, 1.82) is 0 Å². The first-order chi connectivity index (χ1) is 9.38. The van der Waals surface area contributed by atoms with Crippen LogP contribution in [0, 0.1) is 5.41 Å². The van der Waals surface area contributed by atoms with Gasteiger partial charge in [-0.1, -0.05) is 32.9 Å². The smallest absolute Gasteiger partial charge is 0.227 e. The number of hydrogen-bond donors (Lipinski definition) is 1. The van der Waals surface area contributed by atoms with Crippen LogP contribution in [0.3, 0.4) is 0 Å². The van der Waals surface area contributed by atoms with Gasteiger partial charge in [-0.15, -0.1) is 0 Å². The van der Waals surface area contributed by atoms with Gasteiger partial charge in [-0.05, 0) is 40.4 Å². The third kappa shape index (κ3) is 3.70. The first-order valence-electron chi connectivity index (χ1n) is 6.80. The van der Waals surface area contributed by atoms with Crippen molar-refractivity contribution in [3.8, 4) is 11.5 Å². The van der Waals surface area contributed by atoms with Crippen molar-refractivity contribution in [3.05, 3.63) is 40.7 Å². The Morgan fingerprint density at radius 3 is 2.65 bits per heavy atom. The van der Waals surface area contributed by atoms with Crippen molar-refractivity contribution in [3.63, 3.8) is 0 Å². The number of hydrogen-bond acceptors (Lipinski definition) is 3. The molecule has 108 valence electrons. The molecular formula is C16H21BrN2O. The van der Waals surface area contributed by atoms with Gasteiger partial charge in [0.15, 0.2) is 0 Å². The van der Waals surface area contributed by atoms with Crippen LogP contribution in [0.2, 0.25) is 0 Å².